The molecular weight excluding hydrogens is 369 g/mol. The predicted octanol–water partition coefficient (Wildman–Crippen LogP) is 1.56. The molecule has 0 aromatic carbocycles. The van der Waals surface area contributed by atoms with E-state index in [1.165, 1.54) is 12.3 Å². The number of aromatic nitrogens is 1. The molecule has 0 bridgehead atoms. The Morgan fingerprint density at radius 3 is 2.70 bits per heavy atom. The van der Waals surface area contributed by atoms with Gasteiger partial charge in [-0.2, -0.15) is 0 Å². The van der Waals surface area contributed by atoms with Gasteiger partial charge in [-0.15, -0.1) is 0 Å². The first kappa shape index (κ1) is 18.8. The molecule has 3 fully saturated rings. The molecule has 2 aliphatic carbocycles. The molecule has 8 heteroatoms. The molecule has 0 radical (unpaired) electrons. The number of pyridine rings is 1. The summed E-state index contributed by atoms with van der Waals surface area (Å²) in [6.07, 6.45) is 7.16. The van der Waals surface area contributed by atoms with Crippen molar-refractivity contribution in [2.45, 2.75) is 55.9 Å². The Morgan fingerprint density at radius 2 is 2.00 bits per heavy atom. The fourth-order valence-corrected chi connectivity index (χ4v) is 6.94. The van der Waals surface area contributed by atoms with Crippen LogP contribution in [0.1, 0.15) is 44.1 Å². The van der Waals surface area contributed by atoms with Crippen molar-refractivity contribution in [2.75, 3.05) is 12.3 Å². The first-order valence-corrected chi connectivity index (χ1v) is 11.3. The van der Waals surface area contributed by atoms with Crippen molar-refractivity contribution in [3.05, 3.63) is 29.8 Å². The minimum Gasteiger partial charge on any atom is -0.356 e. The van der Waals surface area contributed by atoms with E-state index in [1.807, 2.05) is 0 Å². The molecule has 6 nitrogen and oxygen atoms in total. The summed E-state index contributed by atoms with van der Waals surface area (Å²) in [5.41, 5.74) is 0.756. The summed E-state index contributed by atoms with van der Waals surface area (Å²) >= 11 is 0. The van der Waals surface area contributed by atoms with E-state index in [1.54, 1.807) is 6.20 Å². The van der Waals surface area contributed by atoms with Crippen LogP contribution in [0.5, 0.6) is 0 Å². The molecule has 2 N–H and O–H groups in total. The van der Waals surface area contributed by atoms with Crippen molar-refractivity contribution in [2.24, 2.45) is 11.8 Å². The van der Waals surface area contributed by atoms with Crippen LogP contribution < -0.4 is 10.6 Å². The second-order valence-electron chi connectivity index (χ2n) is 8.38. The van der Waals surface area contributed by atoms with Crippen molar-refractivity contribution in [1.29, 1.82) is 0 Å². The quantitative estimate of drug-likeness (QED) is 0.763. The minimum absolute atomic E-state index is 0.0961. The maximum absolute atomic E-state index is 13.2. The molecule has 1 atom stereocenters. The summed E-state index contributed by atoms with van der Waals surface area (Å²) in [5.74, 6) is 0.363. The lowest BCUT2D eigenvalue weighted by Crippen LogP contribution is -2.59. The van der Waals surface area contributed by atoms with Crippen LogP contribution >= 0.6 is 0 Å². The molecule has 1 spiro atoms. The van der Waals surface area contributed by atoms with Crippen LogP contribution in [0.15, 0.2) is 18.5 Å². The second kappa shape index (κ2) is 7.13. The van der Waals surface area contributed by atoms with E-state index in [-0.39, 0.29) is 35.4 Å². The van der Waals surface area contributed by atoms with E-state index in [9.17, 15) is 17.6 Å². The van der Waals surface area contributed by atoms with Gasteiger partial charge in [0.25, 0.3) is 0 Å². The van der Waals surface area contributed by atoms with E-state index in [4.69, 9.17) is 0 Å². The van der Waals surface area contributed by atoms with Crippen LogP contribution in [0.25, 0.3) is 0 Å². The normalized spacial score (nSPS) is 32.0. The highest BCUT2D eigenvalue weighted by Gasteiger charge is 2.56. The highest BCUT2D eigenvalue weighted by molar-refractivity contribution is 7.92. The molecule has 1 aliphatic heterocycles. The van der Waals surface area contributed by atoms with Gasteiger partial charge in [-0.3, -0.25) is 9.78 Å². The SMILES string of the molecule is O=C(NCC1CC2(C1)CC(NCc1cncc(F)c1)CCS2(=O)=O)C1CC1. The van der Waals surface area contributed by atoms with Crippen molar-refractivity contribution < 1.29 is 17.6 Å². The summed E-state index contributed by atoms with van der Waals surface area (Å²) in [4.78, 5) is 15.6. The van der Waals surface area contributed by atoms with Gasteiger partial charge in [-0.05, 0) is 56.1 Å². The number of nitrogens with one attached hydrogen (secondary N) is 2. The fraction of sp³-hybridized carbons (Fsp3) is 0.684. The summed E-state index contributed by atoms with van der Waals surface area (Å²) in [6.45, 7) is 1.06. The van der Waals surface area contributed by atoms with Crippen molar-refractivity contribution in [1.82, 2.24) is 15.6 Å². The zero-order valence-electron chi connectivity index (χ0n) is 15.3. The van der Waals surface area contributed by atoms with Crippen LogP contribution in [0.3, 0.4) is 0 Å². The third kappa shape index (κ3) is 4.01. The number of hydrogen-bond donors (Lipinski definition) is 2. The molecule has 1 aromatic rings. The average Bonchev–Trinajstić information content (AvgIpc) is 3.42. The summed E-state index contributed by atoms with van der Waals surface area (Å²) in [7, 11) is -3.11. The van der Waals surface area contributed by atoms with Gasteiger partial charge < -0.3 is 10.6 Å². The Balaban J connectivity index is 1.31. The van der Waals surface area contributed by atoms with Gasteiger partial charge in [0.05, 0.1) is 16.7 Å². The summed E-state index contributed by atoms with van der Waals surface area (Å²) < 4.78 is 37.9. The highest BCUT2D eigenvalue weighted by Crippen LogP contribution is 2.50. The molecular formula is C19H26FN3O3S. The van der Waals surface area contributed by atoms with E-state index in [0.29, 0.717) is 38.8 Å². The molecule has 4 rings (SSSR count). The number of hydrogen-bond acceptors (Lipinski definition) is 5. The van der Waals surface area contributed by atoms with Gasteiger partial charge in [0, 0.05) is 31.2 Å². The first-order valence-electron chi connectivity index (χ1n) is 9.70. The largest absolute Gasteiger partial charge is 0.356 e. The number of carbonyl (C=O) groups excluding carboxylic acids is 1. The standard InChI is InChI=1S/C19H26FN3O3S/c20-16-5-13(9-21-12-16)10-22-17-3-4-27(25,26)19(8-17)6-14(7-19)11-23-18(24)15-1-2-15/h5,9,12,14-15,17,22H,1-4,6-8,10-11H2,(H,23,24). The summed E-state index contributed by atoms with van der Waals surface area (Å²) in [6, 6.07) is 1.54. The second-order valence-corrected chi connectivity index (χ2v) is 10.9. The number of sulfone groups is 1. The minimum atomic E-state index is -3.11. The van der Waals surface area contributed by atoms with Crippen LogP contribution in [0.2, 0.25) is 0 Å². The first-order chi connectivity index (χ1) is 12.9. The van der Waals surface area contributed by atoms with Crippen molar-refractivity contribution in [3.8, 4) is 0 Å². The van der Waals surface area contributed by atoms with E-state index >= 15 is 0 Å². The van der Waals surface area contributed by atoms with Crippen LogP contribution in [-0.2, 0) is 21.2 Å². The molecule has 27 heavy (non-hydrogen) atoms. The molecule has 1 amide bonds. The maximum atomic E-state index is 13.2. The lowest BCUT2D eigenvalue weighted by Gasteiger charge is -2.51. The van der Waals surface area contributed by atoms with Gasteiger partial charge in [-0.25, -0.2) is 12.8 Å². The number of amides is 1. The topological polar surface area (TPSA) is 88.2 Å². The van der Waals surface area contributed by atoms with Crippen molar-refractivity contribution in [3.63, 3.8) is 0 Å². The van der Waals surface area contributed by atoms with E-state index < -0.39 is 14.6 Å². The van der Waals surface area contributed by atoms with Gasteiger partial charge in [0.15, 0.2) is 9.84 Å². The molecule has 3 aliphatic rings. The number of carbonyl (C=O) groups is 1. The molecule has 1 aromatic heterocycles. The molecule has 2 saturated carbocycles. The van der Waals surface area contributed by atoms with Gasteiger partial charge >= 0.3 is 0 Å². The zero-order valence-corrected chi connectivity index (χ0v) is 16.1. The predicted molar refractivity (Wildman–Crippen MR) is 99.0 cm³/mol. The van der Waals surface area contributed by atoms with Crippen LogP contribution in [0.4, 0.5) is 4.39 Å². The van der Waals surface area contributed by atoms with Crippen LogP contribution in [-0.4, -0.2) is 42.4 Å². The number of rotatable bonds is 6. The van der Waals surface area contributed by atoms with Crippen LogP contribution in [0, 0.1) is 17.7 Å². The lowest BCUT2D eigenvalue weighted by atomic mass is 9.70. The molecule has 2 heterocycles. The third-order valence-electron chi connectivity index (χ3n) is 6.20. The maximum Gasteiger partial charge on any atom is 0.223 e. The fourth-order valence-electron chi connectivity index (χ4n) is 4.47. The molecule has 148 valence electrons. The Hall–Kier alpha value is -1.54. The Morgan fingerprint density at radius 1 is 1.22 bits per heavy atom. The zero-order chi connectivity index (χ0) is 19.1. The van der Waals surface area contributed by atoms with Gasteiger partial charge in [0.1, 0.15) is 5.82 Å². The van der Waals surface area contributed by atoms with Crippen molar-refractivity contribution >= 4 is 15.7 Å². The summed E-state index contributed by atoms with van der Waals surface area (Å²) in [5, 5.41) is 6.34. The lowest BCUT2D eigenvalue weighted by molar-refractivity contribution is -0.122. The number of halogens is 1. The monoisotopic (exact) mass is 395 g/mol. The average molecular weight is 396 g/mol. The smallest absolute Gasteiger partial charge is 0.223 e. The highest BCUT2D eigenvalue weighted by atomic mass is 32.2. The Kier molecular flexibility index (Phi) is 4.96. The van der Waals surface area contributed by atoms with Gasteiger partial charge in [0.2, 0.25) is 5.91 Å². The van der Waals surface area contributed by atoms with Gasteiger partial charge in [-0.1, -0.05) is 0 Å². The Bertz CT molecular complexity index is 819. The Labute approximate surface area is 159 Å². The molecule has 1 saturated heterocycles. The molecule has 1 unspecified atom stereocenters. The number of nitrogens with zero attached hydrogens (tertiary/aromatic N) is 1. The third-order valence-corrected chi connectivity index (χ3v) is 8.80. The van der Waals surface area contributed by atoms with E-state index in [2.05, 4.69) is 15.6 Å². The van der Waals surface area contributed by atoms with E-state index in [0.717, 1.165) is 18.4 Å².